The van der Waals surface area contributed by atoms with Gasteiger partial charge in [0, 0.05) is 33.9 Å². The van der Waals surface area contributed by atoms with Gasteiger partial charge in [0.05, 0.1) is 18.4 Å². The molecule has 4 rings (SSSR count). The molecule has 6 heteroatoms. The van der Waals surface area contributed by atoms with Crippen molar-refractivity contribution in [2.24, 2.45) is 5.29 Å². The summed E-state index contributed by atoms with van der Waals surface area (Å²) in [7, 11) is 0. The van der Waals surface area contributed by atoms with Gasteiger partial charge < -0.3 is 0 Å². The van der Waals surface area contributed by atoms with E-state index in [0.29, 0.717) is 13.1 Å². The Morgan fingerprint density at radius 2 is 1.83 bits per heavy atom. The largest absolute Gasteiger partial charge is 0.292 e. The first-order valence-electron chi connectivity index (χ1n) is 8.12. The summed E-state index contributed by atoms with van der Waals surface area (Å²) in [6, 6.07) is 15.1. The number of benzene rings is 2. The van der Waals surface area contributed by atoms with Crippen molar-refractivity contribution >= 4 is 23.4 Å². The number of fused-ring (bicyclic) bond motifs is 2. The Kier molecular flexibility index (Phi) is 4.48. The lowest BCUT2D eigenvalue weighted by Crippen LogP contribution is -2.46. The van der Waals surface area contributed by atoms with Gasteiger partial charge >= 0.3 is 0 Å². The first-order valence-corrected chi connectivity index (χ1v) is 9.31. The average molecular weight is 360 g/mol. The Morgan fingerprint density at radius 1 is 1.04 bits per heavy atom. The molecule has 0 unspecified atom stereocenters. The third-order valence-corrected chi connectivity index (χ3v) is 6.23. The van der Waals surface area contributed by atoms with Gasteiger partial charge in [-0.25, -0.2) is 0 Å². The molecule has 4 nitrogen and oxygen atoms in total. The summed E-state index contributed by atoms with van der Waals surface area (Å²) in [5.41, 5.74) is 2.66. The van der Waals surface area contributed by atoms with Crippen molar-refractivity contribution in [1.29, 1.82) is 0 Å². The third kappa shape index (κ3) is 3.04. The van der Waals surface area contributed by atoms with Crippen LogP contribution in [0.4, 0.5) is 0 Å². The highest BCUT2D eigenvalue weighted by atomic mass is 35.5. The molecule has 124 valence electrons. The summed E-state index contributed by atoms with van der Waals surface area (Å²) in [4.78, 5) is 15.8. The summed E-state index contributed by atoms with van der Waals surface area (Å²) >= 11 is 8.12. The van der Waals surface area contributed by atoms with Crippen molar-refractivity contribution in [3.05, 3.63) is 63.5 Å². The predicted molar refractivity (Wildman–Crippen MR) is 97.4 cm³/mol. The van der Waals surface area contributed by atoms with Crippen molar-refractivity contribution in [3.8, 4) is 0 Å². The van der Waals surface area contributed by atoms with E-state index >= 15 is 0 Å². The van der Waals surface area contributed by atoms with Crippen molar-refractivity contribution < 1.29 is 0 Å². The highest BCUT2D eigenvalue weighted by Gasteiger charge is 2.30. The molecule has 0 bridgehead atoms. The molecule has 2 aliphatic rings. The molecule has 0 saturated carbocycles. The molecule has 0 aromatic heterocycles. The summed E-state index contributed by atoms with van der Waals surface area (Å²) in [6.45, 7) is 3.06. The molecule has 1 saturated heterocycles. The first-order chi connectivity index (χ1) is 11.7. The van der Waals surface area contributed by atoms with Gasteiger partial charge in [-0.1, -0.05) is 41.6 Å². The molecule has 0 radical (unpaired) electrons. The second-order valence-corrected chi connectivity index (χ2v) is 7.70. The third-order valence-electron chi connectivity index (χ3n) is 4.78. The number of rotatable bonds is 2. The molecule has 2 heterocycles. The fourth-order valence-electron chi connectivity index (χ4n) is 3.51. The minimum absolute atomic E-state index is 0.281. The highest BCUT2D eigenvalue weighted by molar-refractivity contribution is 7.99. The second kappa shape index (κ2) is 6.75. The molecule has 2 aliphatic heterocycles. The Morgan fingerprint density at radius 3 is 2.62 bits per heavy atom. The van der Waals surface area contributed by atoms with Gasteiger partial charge in [-0.05, 0) is 41.8 Å². The molecular formula is C18H18ClN3OS. The van der Waals surface area contributed by atoms with Gasteiger partial charge in [-0.3, -0.25) is 9.91 Å². The standard InChI is InChI=1S/C18H18ClN3OS/c19-14-5-6-18-15(12-14)16(21-7-9-22(20-23)10-8-21)11-13-3-1-2-4-17(13)24-18/h1-6,12,16H,7-11H2/t16-/m0/s1. The van der Waals surface area contributed by atoms with Gasteiger partial charge in [0.2, 0.25) is 0 Å². The van der Waals surface area contributed by atoms with E-state index in [1.807, 2.05) is 17.8 Å². The van der Waals surface area contributed by atoms with Gasteiger partial charge in [0.15, 0.2) is 0 Å². The summed E-state index contributed by atoms with van der Waals surface area (Å²) in [6.07, 6.45) is 0.963. The Hall–Kier alpha value is -1.56. The molecule has 2 aromatic rings. The van der Waals surface area contributed by atoms with E-state index in [2.05, 4.69) is 46.6 Å². The zero-order valence-corrected chi connectivity index (χ0v) is 14.8. The van der Waals surface area contributed by atoms with Crippen molar-refractivity contribution in [1.82, 2.24) is 9.91 Å². The first kappa shape index (κ1) is 15.9. The van der Waals surface area contributed by atoms with Crippen LogP contribution >= 0.6 is 23.4 Å². The molecule has 1 atom stereocenters. The molecule has 0 aliphatic carbocycles. The van der Waals surface area contributed by atoms with E-state index in [-0.39, 0.29) is 6.04 Å². The highest BCUT2D eigenvalue weighted by Crippen LogP contribution is 2.43. The van der Waals surface area contributed by atoms with E-state index in [9.17, 15) is 4.91 Å². The van der Waals surface area contributed by atoms with E-state index < -0.39 is 0 Å². The zero-order valence-electron chi connectivity index (χ0n) is 13.2. The van der Waals surface area contributed by atoms with Gasteiger partial charge in [-0.2, -0.15) is 0 Å². The number of hydrogen-bond donors (Lipinski definition) is 0. The summed E-state index contributed by atoms with van der Waals surface area (Å²) in [5, 5.41) is 5.45. The molecule has 24 heavy (non-hydrogen) atoms. The van der Waals surface area contributed by atoms with Crippen LogP contribution in [0.25, 0.3) is 0 Å². The molecule has 1 fully saturated rings. The topological polar surface area (TPSA) is 35.9 Å². The van der Waals surface area contributed by atoms with E-state index in [4.69, 9.17) is 11.6 Å². The van der Waals surface area contributed by atoms with Crippen LogP contribution in [0.1, 0.15) is 17.2 Å². The fraction of sp³-hybridized carbons (Fsp3) is 0.333. The summed E-state index contributed by atoms with van der Waals surface area (Å²) < 4.78 is 0. The maximum Gasteiger partial charge on any atom is 0.0524 e. The summed E-state index contributed by atoms with van der Waals surface area (Å²) in [5.74, 6) is 0. The molecule has 0 spiro atoms. The van der Waals surface area contributed by atoms with Gasteiger partial charge in [0.25, 0.3) is 0 Å². The normalized spacial score (nSPS) is 20.9. The van der Waals surface area contributed by atoms with Crippen molar-refractivity contribution in [2.75, 3.05) is 26.2 Å². The van der Waals surface area contributed by atoms with Crippen molar-refractivity contribution in [3.63, 3.8) is 0 Å². The van der Waals surface area contributed by atoms with Crippen LogP contribution in [0.15, 0.2) is 57.5 Å². The molecule has 0 N–H and O–H groups in total. The zero-order chi connectivity index (χ0) is 16.5. The maximum atomic E-state index is 10.7. The minimum atomic E-state index is 0.281. The molecular weight excluding hydrogens is 342 g/mol. The van der Waals surface area contributed by atoms with Crippen LogP contribution < -0.4 is 0 Å². The average Bonchev–Trinajstić information content (AvgIpc) is 2.78. The van der Waals surface area contributed by atoms with E-state index in [0.717, 1.165) is 24.5 Å². The minimum Gasteiger partial charge on any atom is -0.292 e. The lowest BCUT2D eigenvalue weighted by molar-refractivity contribution is 0.0954. The molecule has 2 aromatic carbocycles. The van der Waals surface area contributed by atoms with E-state index in [1.165, 1.54) is 20.9 Å². The van der Waals surface area contributed by atoms with Gasteiger partial charge in [0.1, 0.15) is 0 Å². The Bertz CT molecular complexity index is 762. The smallest absolute Gasteiger partial charge is 0.0524 e. The molecule has 0 amide bonds. The fourth-order valence-corrected chi connectivity index (χ4v) is 4.81. The van der Waals surface area contributed by atoms with Crippen LogP contribution in [0, 0.1) is 4.91 Å². The van der Waals surface area contributed by atoms with E-state index in [1.54, 1.807) is 5.01 Å². The van der Waals surface area contributed by atoms with Crippen molar-refractivity contribution in [2.45, 2.75) is 22.3 Å². The second-order valence-electron chi connectivity index (χ2n) is 6.18. The van der Waals surface area contributed by atoms with Crippen LogP contribution in [0.2, 0.25) is 5.02 Å². The maximum absolute atomic E-state index is 10.7. The number of nitrogens with zero attached hydrogens (tertiary/aromatic N) is 3. The number of piperazine rings is 1. The lowest BCUT2D eigenvalue weighted by Gasteiger charge is -2.37. The SMILES string of the molecule is O=NN1CCN([C@H]2Cc3ccccc3Sc3ccc(Cl)cc32)CC1. The van der Waals surface area contributed by atoms with Crippen LogP contribution in [-0.4, -0.2) is 36.1 Å². The number of halogens is 1. The lowest BCUT2D eigenvalue weighted by atomic mass is 9.97. The van der Waals surface area contributed by atoms with Gasteiger partial charge in [-0.15, -0.1) is 4.91 Å². The Balaban J connectivity index is 1.72. The van der Waals surface area contributed by atoms with Crippen LogP contribution in [-0.2, 0) is 6.42 Å². The predicted octanol–water partition coefficient (Wildman–Crippen LogP) is 4.39. The quantitative estimate of drug-likeness (QED) is 0.745. The van der Waals surface area contributed by atoms with Crippen LogP contribution in [0.5, 0.6) is 0 Å². The number of nitroso groups, excluding NO2 is 1. The Labute approximate surface area is 150 Å². The monoisotopic (exact) mass is 359 g/mol. The number of hydrogen-bond acceptors (Lipinski definition) is 4. The van der Waals surface area contributed by atoms with Crippen LogP contribution in [0.3, 0.4) is 0 Å².